The zero-order chi connectivity index (χ0) is 16.4. The number of aliphatic hydroxyl groups is 1. The van der Waals surface area contributed by atoms with Crippen molar-refractivity contribution in [2.24, 2.45) is 0 Å². The number of likely N-dealkylation sites (tertiary alicyclic amines) is 1. The SMILES string of the molecule is COc1cc(C#N)ccc1CN1CCC(O)(C(F)(F)F)CC1. The third-order valence-electron chi connectivity index (χ3n) is 4.02. The summed E-state index contributed by atoms with van der Waals surface area (Å²) in [5.41, 5.74) is -1.32. The fourth-order valence-corrected chi connectivity index (χ4v) is 2.55. The van der Waals surface area contributed by atoms with Crippen LogP contribution in [0, 0.1) is 11.3 Å². The second-order valence-electron chi connectivity index (χ2n) is 5.44. The molecule has 2 rings (SSSR count). The number of benzene rings is 1. The van der Waals surface area contributed by atoms with Gasteiger partial charge in [-0.05, 0) is 25.0 Å². The highest BCUT2D eigenvalue weighted by atomic mass is 19.4. The first-order valence-electron chi connectivity index (χ1n) is 6.87. The molecule has 1 saturated heterocycles. The summed E-state index contributed by atoms with van der Waals surface area (Å²) in [7, 11) is 1.48. The van der Waals surface area contributed by atoms with E-state index in [4.69, 9.17) is 10.00 Å². The summed E-state index contributed by atoms with van der Waals surface area (Å²) in [6.45, 7) is 0.723. The zero-order valence-electron chi connectivity index (χ0n) is 12.2. The molecule has 0 spiro atoms. The molecule has 1 aromatic carbocycles. The number of hydrogen-bond acceptors (Lipinski definition) is 4. The van der Waals surface area contributed by atoms with Gasteiger partial charge in [-0.3, -0.25) is 4.90 Å². The number of nitrogens with zero attached hydrogens (tertiary/aromatic N) is 2. The summed E-state index contributed by atoms with van der Waals surface area (Å²) in [4.78, 5) is 1.84. The number of halogens is 3. The van der Waals surface area contributed by atoms with Gasteiger partial charge in [-0.15, -0.1) is 0 Å². The van der Waals surface area contributed by atoms with Gasteiger partial charge < -0.3 is 9.84 Å². The van der Waals surface area contributed by atoms with Crippen molar-refractivity contribution >= 4 is 0 Å². The number of nitriles is 1. The van der Waals surface area contributed by atoms with E-state index in [0.29, 0.717) is 17.9 Å². The summed E-state index contributed by atoms with van der Waals surface area (Å²) in [5, 5.41) is 18.5. The van der Waals surface area contributed by atoms with E-state index in [9.17, 15) is 18.3 Å². The summed E-state index contributed by atoms with van der Waals surface area (Å²) >= 11 is 0. The van der Waals surface area contributed by atoms with Crippen LogP contribution < -0.4 is 4.74 Å². The molecular formula is C15H17F3N2O2. The van der Waals surface area contributed by atoms with Crippen LogP contribution in [0.1, 0.15) is 24.0 Å². The molecule has 1 aliphatic heterocycles. The fourth-order valence-electron chi connectivity index (χ4n) is 2.55. The van der Waals surface area contributed by atoms with Gasteiger partial charge in [0.25, 0.3) is 0 Å². The van der Waals surface area contributed by atoms with Crippen LogP contribution >= 0.6 is 0 Å². The Morgan fingerprint density at radius 3 is 2.50 bits per heavy atom. The lowest BCUT2D eigenvalue weighted by atomic mass is 9.90. The molecule has 120 valence electrons. The molecule has 0 unspecified atom stereocenters. The van der Waals surface area contributed by atoms with Crippen molar-refractivity contribution in [1.29, 1.82) is 5.26 Å². The van der Waals surface area contributed by atoms with Gasteiger partial charge in [0, 0.05) is 25.2 Å². The Bertz CT molecular complexity index is 573. The zero-order valence-corrected chi connectivity index (χ0v) is 12.2. The van der Waals surface area contributed by atoms with Gasteiger partial charge in [0.15, 0.2) is 5.60 Å². The number of methoxy groups -OCH3 is 1. The first-order valence-corrected chi connectivity index (χ1v) is 6.87. The van der Waals surface area contributed by atoms with E-state index in [0.717, 1.165) is 5.56 Å². The first kappa shape index (κ1) is 16.6. The summed E-state index contributed by atoms with van der Waals surface area (Å²) < 4.78 is 43.5. The topological polar surface area (TPSA) is 56.5 Å². The van der Waals surface area contributed by atoms with Gasteiger partial charge >= 0.3 is 6.18 Å². The molecule has 0 aliphatic carbocycles. The van der Waals surface area contributed by atoms with E-state index in [2.05, 4.69) is 0 Å². The molecule has 1 aliphatic rings. The Labute approximate surface area is 126 Å². The summed E-state index contributed by atoms with van der Waals surface area (Å²) in [5.74, 6) is 0.538. The van der Waals surface area contributed by atoms with Gasteiger partial charge in [0.05, 0.1) is 18.7 Å². The van der Waals surface area contributed by atoms with Gasteiger partial charge in [-0.1, -0.05) is 6.07 Å². The van der Waals surface area contributed by atoms with E-state index in [1.54, 1.807) is 18.2 Å². The van der Waals surface area contributed by atoms with Crippen LogP contribution in [0.2, 0.25) is 0 Å². The van der Waals surface area contributed by atoms with Crippen molar-refractivity contribution in [3.63, 3.8) is 0 Å². The average molecular weight is 314 g/mol. The van der Waals surface area contributed by atoms with Gasteiger partial charge in [0.1, 0.15) is 5.75 Å². The molecule has 0 radical (unpaired) electrons. The fraction of sp³-hybridized carbons (Fsp3) is 0.533. The van der Waals surface area contributed by atoms with Gasteiger partial charge in [0.2, 0.25) is 0 Å². The average Bonchev–Trinajstić information content (AvgIpc) is 2.49. The highest BCUT2D eigenvalue weighted by molar-refractivity contribution is 5.42. The predicted molar refractivity (Wildman–Crippen MR) is 73.2 cm³/mol. The number of hydrogen-bond donors (Lipinski definition) is 1. The molecule has 7 heteroatoms. The molecule has 0 amide bonds. The minimum Gasteiger partial charge on any atom is -0.496 e. The van der Waals surface area contributed by atoms with E-state index >= 15 is 0 Å². The maximum absolute atomic E-state index is 12.8. The van der Waals surface area contributed by atoms with Gasteiger partial charge in [-0.25, -0.2) is 0 Å². The maximum atomic E-state index is 12.8. The molecule has 4 nitrogen and oxygen atoms in total. The smallest absolute Gasteiger partial charge is 0.417 e. The summed E-state index contributed by atoms with van der Waals surface area (Å²) in [6.07, 6.45) is -5.27. The van der Waals surface area contributed by atoms with E-state index < -0.39 is 11.8 Å². The molecule has 1 heterocycles. The van der Waals surface area contributed by atoms with Crippen molar-refractivity contribution in [1.82, 2.24) is 4.90 Å². The first-order chi connectivity index (χ1) is 10.3. The third kappa shape index (κ3) is 3.34. The van der Waals surface area contributed by atoms with E-state index in [-0.39, 0.29) is 25.9 Å². The van der Waals surface area contributed by atoms with Crippen LogP contribution in [0.5, 0.6) is 5.75 Å². The van der Waals surface area contributed by atoms with E-state index in [1.165, 1.54) is 7.11 Å². The quantitative estimate of drug-likeness (QED) is 0.931. The van der Waals surface area contributed by atoms with Crippen LogP contribution in [0.15, 0.2) is 18.2 Å². The second-order valence-corrected chi connectivity index (χ2v) is 5.44. The van der Waals surface area contributed by atoms with Crippen LogP contribution in [-0.2, 0) is 6.54 Å². The van der Waals surface area contributed by atoms with Crippen LogP contribution in [0.4, 0.5) is 13.2 Å². The number of rotatable bonds is 3. The molecule has 1 fully saturated rings. The molecule has 0 aromatic heterocycles. The lowest BCUT2D eigenvalue weighted by molar-refractivity contribution is -0.272. The van der Waals surface area contributed by atoms with Crippen molar-refractivity contribution in [3.05, 3.63) is 29.3 Å². The Balaban J connectivity index is 2.04. The normalized spacial score (nSPS) is 18.7. The highest BCUT2D eigenvalue weighted by Crippen LogP contribution is 2.38. The van der Waals surface area contributed by atoms with Crippen molar-refractivity contribution in [2.75, 3.05) is 20.2 Å². The molecule has 22 heavy (non-hydrogen) atoms. The lowest BCUT2D eigenvalue weighted by Gasteiger charge is -2.39. The van der Waals surface area contributed by atoms with Crippen molar-refractivity contribution in [3.8, 4) is 11.8 Å². The Morgan fingerprint density at radius 1 is 1.36 bits per heavy atom. The monoisotopic (exact) mass is 314 g/mol. The maximum Gasteiger partial charge on any atom is 0.417 e. The summed E-state index contributed by atoms with van der Waals surface area (Å²) in [6, 6.07) is 7.00. The Morgan fingerprint density at radius 2 is 2.00 bits per heavy atom. The minimum absolute atomic E-state index is 0.152. The minimum atomic E-state index is -4.59. The largest absolute Gasteiger partial charge is 0.496 e. The molecule has 1 aromatic rings. The third-order valence-corrected chi connectivity index (χ3v) is 4.02. The molecule has 0 atom stereocenters. The predicted octanol–water partition coefficient (Wildman–Crippen LogP) is 2.46. The molecular weight excluding hydrogens is 297 g/mol. The lowest BCUT2D eigenvalue weighted by Crippen LogP contribution is -2.53. The number of piperidine rings is 1. The number of ether oxygens (including phenoxy) is 1. The van der Waals surface area contributed by atoms with Gasteiger partial charge in [-0.2, -0.15) is 18.4 Å². The second kappa shape index (κ2) is 6.15. The van der Waals surface area contributed by atoms with E-state index in [1.807, 2.05) is 11.0 Å². The number of alkyl halides is 3. The molecule has 1 N–H and O–H groups in total. The Kier molecular flexibility index (Phi) is 4.63. The van der Waals surface area contributed by atoms with Crippen LogP contribution in [0.25, 0.3) is 0 Å². The Hall–Kier alpha value is -1.78. The highest BCUT2D eigenvalue weighted by Gasteiger charge is 2.54. The standard InChI is InChI=1S/C15H17F3N2O2/c1-22-13-8-11(9-19)2-3-12(13)10-20-6-4-14(21,5-7-20)15(16,17)18/h2-3,8,21H,4-7,10H2,1H3. The molecule has 0 saturated carbocycles. The molecule has 0 bridgehead atoms. The van der Waals surface area contributed by atoms with Crippen LogP contribution in [0.3, 0.4) is 0 Å². The van der Waals surface area contributed by atoms with Crippen LogP contribution in [-0.4, -0.2) is 42.0 Å². The van der Waals surface area contributed by atoms with Crippen molar-refractivity contribution in [2.45, 2.75) is 31.2 Å². The van der Waals surface area contributed by atoms with Crippen molar-refractivity contribution < 1.29 is 23.0 Å².